The van der Waals surface area contributed by atoms with E-state index < -0.39 is 5.54 Å². The number of carbonyl (C=O) groups excluding carboxylic acids is 2. The number of rotatable bonds is 3. The number of aromatic nitrogens is 1. The SMILES string of the molecule is Cc1ccc(N2C(=O)c3cc4sccc4n3C[C@]2(C)C(=O)N[C@@H]2CCCC[C@@H]2C)cc1C. The van der Waals surface area contributed by atoms with Crippen LogP contribution in [0.4, 0.5) is 5.69 Å². The summed E-state index contributed by atoms with van der Waals surface area (Å²) in [4.78, 5) is 29.5. The molecule has 32 heavy (non-hydrogen) atoms. The number of thiophene rings is 1. The van der Waals surface area contributed by atoms with Crippen molar-refractivity contribution < 1.29 is 9.59 Å². The van der Waals surface area contributed by atoms with Gasteiger partial charge in [0.1, 0.15) is 11.2 Å². The van der Waals surface area contributed by atoms with Crippen molar-refractivity contribution in [1.29, 1.82) is 0 Å². The van der Waals surface area contributed by atoms with Crippen molar-refractivity contribution in [3.05, 3.63) is 52.5 Å². The van der Waals surface area contributed by atoms with Gasteiger partial charge in [0.25, 0.3) is 5.91 Å². The van der Waals surface area contributed by atoms with Gasteiger partial charge in [-0.2, -0.15) is 0 Å². The Hall–Kier alpha value is -2.60. The van der Waals surface area contributed by atoms with Gasteiger partial charge in [-0.15, -0.1) is 11.3 Å². The van der Waals surface area contributed by atoms with E-state index in [1.165, 1.54) is 12.0 Å². The molecule has 0 saturated heterocycles. The second-order valence-electron chi connectivity index (χ2n) is 9.81. The van der Waals surface area contributed by atoms with Gasteiger partial charge >= 0.3 is 0 Å². The largest absolute Gasteiger partial charge is 0.351 e. The summed E-state index contributed by atoms with van der Waals surface area (Å²) >= 11 is 1.63. The fourth-order valence-corrected chi connectivity index (χ4v) is 6.16. The Labute approximate surface area is 193 Å². The lowest BCUT2D eigenvalue weighted by Gasteiger charge is -2.45. The lowest BCUT2D eigenvalue weighted by molar-refractivity contribution is -0.127. The van der Waals surface area contributed by atoms with E-state index in [1.807, 2.05) is 54.1 Å². The van der Waals surface area contributed by atoms with Gasteiger partial charge in [-0.3, -0.25) is 14.5 Å². The molecule has 1 fully saturated rings. The summed E-state index contributed by atoms with van der Waals surface area (Å²) in [7, 11) is 0. The van der Waals surface area contributed by atoms with Gasteiger partial charge in [-0.05, 0) is 80.3 Å². The number of amides is 2. The molecule has 5 nitrogen and oxygen atoms in total. The van der Waals surface area contributed by atoms with E-state index in [9.17, 15) is 9.59 Å². The molecular formula is C26H31N3O2S. The predicted octanol–water partition coefficient (Wildman–Crippen LogP) is 5.43. The lowest BCUT2D eigenvalue weighted by Crippen LogP contribution is -2.65. The second-order valence-corrected chi connectivity index (χ2v) is 10.8. The minimum Gasteiger partial charge on any atom is -0.351 e. The number of benzene rings is 1. The zero-order valence-electron chi connectivity index (χ0n) is 19.3. The standard InChI is InChI=1S/C26H31N3O2S/c1-16-9-10-19(13-18(16)3)29-24(30)22-14-23-21(11-12-32-23)28(22)15-26(29,4)25(31)27-20-8-6-5-7-17(20)2/h9-14,17,20H,5-8,15H2,1-4H3,(H,27,31)/t17-,20+,26+/m0/s1. The molecule has 0 radical (unpaired) electrons. The Morgan fingerprint density at radius 1 is 1.12 bits per heavy atom. The highest BCUT2D eigenvalue weighted by Gasteiger charge is 2.49. The Balaban J connectivity index is 1.60. The molecule has 0 bridgehead atoms. The number of hydrogen-bond acceptors (Lipinski definition) is 3. The number of hydrogen-bond donors (Lipinski definition) is 1. The van der Waals surface area contributed by atoms with Crippen molar-refractivity contribution in [2.24, 2.45) is 5.92 Å². The zero-order chi connectivity index (χ0) is 22.6. The third-order valence-electron chi connectivity index (χ3n) is 7.57. The monoisotopic (exact) mass is 449 g/mol. The summed E-state index contributed by atoms with van der Waals surface area (Å²) in [5.74, 6) is 0.277. The summed E-state index contributed by atoms with van der Waals surface area (Å²) in [6, 6.07) is 10.2. The molecule has 6 heteroatoms. The zero-order valence-corrected chi connectivity index (χ0v) is 20.1. The number of nitrogens with one attached hydrogen (secondary N) is 1. The highest BCUT2D eigenvalue weighted by Crippen LogP contribution is 2.38. The van der Waals surface area contributed by atoms with Gasteiger partial charge in [0.2, 0.25) is 5.91 Å². The van der Waals surface area contributed by atoms with Crippen LogP contribution in [0.15, 0.2) is 35.7 Å². The second kappa shape index (κ2) is 7.77. The van der Waals surface area contributed by atoms with Crippen molar-refractivity contribution in [3.8, 4) is 0 Å². The average molecular weight is 450 g/mol. The van der Waals surface area contributed by atoms with Gasteiger partial charge in [-0.1, -0.05) is 25.8 Å². The highest BCUT2D eigenvalue weighted by atomic mass is 32.1. The number of nitrogens with zero attached hydrogens (tertiary/aromatic N) is 2. The molecule has 5 rings (SSSR count). The van der Waals surface area contributed by atoms with E-state index in [1.54, 1.807) is 16.2 Å². The van der Waals surface area contributed by atoms with Crippen molar-refractivity contribution in [1.82, 2.24) is 9.88 Å². The first kappa shape index (κ1) is 21.3. The van der Waals surface area contributed by atoms with Gasteiger partial charge in [0.05, 0.1) is 16.8 Å². The molecule has 0 unspecified atom stereocenters. The molecule has 1 saturated carbocycles. The van der Waals surface area contributed by atoms with Crippen LogP contribution in [0, 0.1) is 19.8 Å². The fraction of sp³-hybridized carbons (Fsp3) is 0.462. The predicted molar refractivity (Wildman–Crippen MR) is 131 cm³/mol. The fourth-order valence-electron chi connectivity index (χ4n) is 5.34. The first-order valence-electron chi connectivity index (χ1n) is 11.6. The van der Waals surface area contributed by atoms with Crippen LogP contribution in [-0.2, 0) is 11.3 Å². The maximum Gasteiger partial charge on any atom is 0.275 e. The Kier molecular flexibility index (Phi) is 5.16. The molecule has 3 atom stereocenters. The number of fused-ring (bicyclic) bond motifs is 3. The lowest BCUT2D eigenvalue weighted by atomic mass is 9.84. The average Bonchev–Trinajstić information content (AvgIpc) is 3.35. The number of aryl methyl sites for hydroxylation is 2. The number of carbonyl (C=O) groups is 2. The maximum atomic E-state index is 13.9. The third-order valence-corrected chi connectivity index (χ3v) is 8.42. The molecule has 1 aliphatic heterocycles. The molecule has 3 heterocycles. The van der Waals surface area contributed by atoms with Crippen LogP contribution in [0.5, 0.6) is 0 Å². The van der Waals surface area contributed by atoms with Crippen LogP contribution in [0.3, 0.4) is 0 Å². The van der Waals surface area contributed by atoms with Crippen LogP contribution >= 0.6 is 11.3 Å². The molecule has 168 valence electrons. The Morgan fingerprint density at radius 3 is 2.66 bits per heavy atom. The molecule has 1 aromatic carbocycles. The van der Waals surface area contributed by atoms with Crippen molar-refractivity contribution in [2.45, 2.75) is 71.5 Å². The van der Waals surface area contributed by atoms with E-state index in [0.29, 0.717) is 18.2 Å². The van der Waals surface area contributed by atoms with Crippen molar-refractivity contribution in [3.63, 3.8) is 0 Å². The maximum absolute atomic E-state index is 13.9. The molecule has 2 amide bonds. The van der Waals surface area contributed by atoms with Crippen LogP contribution < -0.4 is 10.2 Å². The number of anilines is 1. The van der Waals surface area contributed by atoms with Gasteiger partial charge < -0.3 is 9.88 Å². The molecule has 0 spiro atoms. The molecule has 3 aromatic rings. The molecular weight excluding hydrogens is 418 g/mol. The van der Waals surface area contributed by atoms with E-state index >= 15 is 0 Å². The topological polar surface area (TPSA) is 54.3 Å². The summed E-state index contributed by atoms with van der Waals surface area (Å²) in [5.41, 5.74) is 3.73. The van der Waals surface area contributed by atoms with Gasteiger partial charge in [0.15, 0.2) is 0 Å². The van der Waals surface area contributed by atoms with Crippen LogP contribution in [0.25, 0.3) is 10.2 Å². The molecule has 1 N–H and O–H groups in total. The van der Waals surface area contributed by atoms with Crippen LogP contribution in [-0.4, -0.2) is 28.0 Å². The van der Waals surface area contributed by atoms with Gasteiger partial charge in [-0.25, -0.2) is 0 Å². The van der Waals surface area contributed by atoms with Crippen LogP contribution in [0.1, 0.15) is 61.1 Å². The van der Waals surface area contributed by atoms with Crippen molar-refractivity contribution in [2.75, 3.05) is 4.90 Å². The molecule has 2 aromatic heterocycles. The van der Waals surface area contributed by atoms with Crippen LogP contribution in [0.2, 0.25) is 0 Å². The van der Waals surface area contributed by atoms with Gasteiger partial charge in [0, 0.05) is 11.7 Å². The van der Waals surface area contributed by atoms with E-state index in [0.717, 1.165) is 40.7 Å². The quantitative estimate of drug-likeness (QED) is 0.579. The molecule has 2 aliphatic rings. The third kappa shape index (κ3) is 3.27. The smallest absolute Gasteiger partial charge is 0.275 e. The summed E-state index contributed by atoms with van der Waals surface area (Å²) in [6.45, 7) is 8.69. The Morgan fingerprint density at radius 2 is 1.91 bits per heavy atom. The summed E-state index contributed by atoms with van der Waals surface area (Å²) in [5, 5.41) is 5.39. The normalized spacial score (nSPS) is 25.8. The van der Waals surface area contributed by atoms with Crippen molar-refractivity contribution >= 4 is 39.1 Å². The molecule has 1 aliphatic carbocycles. The summed E-state index contributed by atoms with van der Waals surface area (Å²) < 4.78 is 3.12. The minimum absolute atomic E-state index is 0.0643. The first-order chi connectivity index (χ1) is 15.3. The minimum atomic E-state index is -1.02. The summed E-state index contributed by atoms with van der Waals surface area (Å²) in [6.07, 6.45) is 4.51. The highest BCUT2D eigenvalue weighted by molar-refractivity contribution is 7.17. The first-order valence-corrected chi connectivity index (χ1v) is 12.5. The Bertz CT molecular complexity index is 1210. The van der Waals surface area contributed by atoms with E-state index in [2.05, 4.69) is 19.2 Å². The van der Waals surface area contributed by atoms with E-state index in [4.69, 9.17) is 0 Å². The van der Waals surface area contributed by atoms with E-state index in [-0.39, 0.29) is 17.9 Å².